The SMILES string of the molecule is CN(C)S(=O)(=O)N1CCC[C@@H](CNC(=O)c2ccc(-c3ccccc3)cc2)C1. The van der Waals surface area contributed by atoms with Crippen molar-refractivity contribution in [2.45, 2.75) is 12.8 Å². The molecule has 0 radical (unpaired) electrons. The summed E-state index contributed by atoms with van der Waals surface area (Å²) >= 11 is 0. The van der Waals surface area contributed by atoms with Gasteiger partial charge in [0.05, 0.1) is 0 Å². The van der Waals surface area contributed by atoms with Gasteiger partial charge in [0.25, 0.3) is 16.1 Å². The normalized spacial score (nSPS) is 18.2. The molecule has 28 heavy (non-hydrogen) atoms. The van der Waals surface area contributed by atoms with E-state index in [1.54, 1.807) is 14.1 Å². The molecule has 1 saturated heterocycles. The fraction of sp³-hybridized carbons (Fsp3) is 0.381. The quantitative estimate of drug-likeness (QED) is 0.809. The van der Waals surface area contributed by atoms with Gasteiger partial charge in [-0.25, -0.2) is 0 Å². The lowest BCUT2D eigenvalue weighted by Crippen LogP contribution is -2.47. The molecular weight excluding hydrogens is 374 g/mol. The summed E-state index contributed by atoms with van der Waals surface area (Å²) in [6.45, 7) is 1.44. The molecule has 1 amide bonds. The number of benzene rings is 2. The number of nitrogens with one attached hydrogen (secondary N) is 1. The Labute approximate surface area is 167 Å². The summed E-state index contributed by atoms with van der Waals surface area (Å²) in [5.41, 5.74) is 2.78. The maximum absolute atomic E-state index is 12.5. The Balaban J connectivity index is 1.57. The fourth-order valence-corrected chi connectivity index (χ4v) is 4.64. The van der Waals surface area contributed by atoms with E-state index in [1.807, 2.05) is 54.6 Å². The predicted octanol–water partition coefficient (Wildman–Crippen LogP) is 2.60. The van der Waals surface area contributed by atoms with Crippen LogP contribution in [0.4, 0.5) is 0 Å². The zero-order chi connectivity index (χ0) is 20.1. The zero-order valence-corrected chi connectivity index (χ0v) is 17.2. The molecule has 2 aromatic rings. The van der Waals surface area contributed by atoms with E-state index in [0.29, 0.717) is 25.2 Å². The topological polar surface area (TPSA) is 69.7 Å². The number of carbonyl (C=O) groups excluding carboxylic acids is 1. The maximum Gasteiger partial charge on any atom is 0.281 e. The monoisotopic (exact) mass is 401 g/mol. The Hall–Kier alpha value is -2.22. The number of hydrogen-bond donors (Lipinski definition) is 1. The van der Waals surface area contributed by atoms with Gasteiger partial charge in [0.15, 0.2) is 0 Å². The number of hydrogen-bond acceptors (Lipinski definition) is 3. The second kappa shape index (κ2) is 8.86. The summed E-state index contributed by atoms with van der Waals surface area (Å²) in [7, 11) is -0.318. The number of nitrogens with zero attached hydrogens (tertiary/aromatic N) is 2. The van der Waals surface area contributed by atoms with E-state index in [2.05, 4.69) is 5.32 Å². The Kier molecular flexibility index (Phi) is 6.49. The van der Waals surface area contributed by atoms with Crippen LogP contribution in [0.3, 0.4) is 0 Å². The molecule has 0 saturated carbocycles. The van der Waals surface area contributed by atoms with Crippen LogP contribution in [0.5, 0.6) is 0 Å². The minimum atomic E-state index is -3.40. The molecule has 1 fully saturated rings. The fourth-order valence-electron chi connectivity index (χ4n) is 3.42. The lowest BCUT2D eigenvalue weighted by Gasteiger charge is -2.33. The molecule has 3 rings (SSSR count). The second-order valence-corrected chi connectivity index (χ2v) is 9.45. The molecule has 1 heterocycles. The zero-order valence-electron chi connectivity index (χ0n) is 16.3. The van der Waals surface area contributed by atoms with Gasteiger partial charge in [-0.3, -0.25) is 4.79 Å². The molecule has 2 aromatic carbocycles. The lowest BCUT2D eigenvalue weighted by molar-refractivity contribution is 0.0941. The summed E-state index contributed by atoms with van der Waals surface area (Å²) in [6, 6.07) is 17.5. The standard InChI is InChI=1S/C21H27N3O3S/c1-23(2)28(26,27)24-14-6-7-17(16-24)15-22-21(25)20-12-10-19(11-13-20)18-8-4-3-5-9-18/h3-5,8-13,17H,6-7,14-16H2,1-2H3,(H,22,25)/t17-/m0/s1. The highest BCUT2D eigenvalue weighted by molar-refractivity contribution is 7.86. The number of amides is 1. The summed E-state index contributed by atoms with van der Waals surface area (Å²) < 4.78 is 27.3. The van der Waals surface area contributed by atoms with Crippen molar-refractivity contribution in [2.75, 3.05) is 33.7 Å². The molecule has 1 aliphatic heterocycles. The van der Waals surface area contributed by atoms with Gasteiger partial charge in [-0.15, -0.1) is 0 Å². The van der Waals surface area contributed by atoms with Crippen molar-refractivity contribution in [2.24, 2.45) is 5.92 Å². The van der Waals surface area contributed by atoms with Crippen molar-refractivity contribution in [3.8, 4) is 11.1 Å². The van der Waals surface area contributed by atoms with Gasteiger partial charge in [-0.2, -0.15) is 17.0 Å². The Morgan fingerprint density at radius 3 is 2.36 bits per heavy atom. The highest BCUT2D eigenvalue weighted by Gasteiger charge is 2.30. The van der Waals surface area contributed by atoms with Gasteiger partial charge < -0.3 is 5.32 Å². The third kappa shape index (κ3) is 4.79. The Morgan fingerprint density at radius 1 is 1.07 bits per heavy atom. The average Bonchev–Trinajstić information content (AvgIpc) is 2.73. The predicted molar refractivity (Wildman–Crippen MR) is 111 cm³/mol. The molecule has 1 atom stereocenters. The van der Waals surface area contributed by atoms with Crippen LogP contribution in [-0.4, -0.2) is 56.7 Å². The first-order valence-electron chi connectivity index (χ1n) is 9.49. The first kappa shape index (κ1) is 20.5. The van der Waals surface area contributed by atoms with Crippen molar-refractivity contribution in [3.63, 3.8) is 0 Å². The van der Waals surface area contributed by atoms with Crippen LogP contribution in [0.2, 0.25) is 0 Å². The van der Waals surface area contributed by atoms with Crippen molar-refractivity contribution < 1.29 is 13.2 Å². The van der Waals surface area contributed by atoms with Crippen LogP contribution >= 0.6 is 0 Å². The molecule has 1 aliphatic rings. The molecular formula is C21H27N3O3S. The van der Waals surface area contributed by atoms with Crippen molar-refractivity contribution >= 4 is 16.1 Å². The van der Waals surface area contributed by atoms with Crippen LogP contribution in [0.15, 0.2) is 54.6 Å². The highest BCUT2D eigenvalue weighted by Crippen LogP contribution is 2.21. The van der Waals surface area contributed by atoms with E-state index >= 15 is 0 Å². The van der Waals surface area contributed by atoms with E-state index < -0.39 is 10.2 Å². The van der Waals surface area contributed by atoms with Gasteiger partial charge in [0.2, 0.25) is 0 Å². The van der Waals surface area contributed by atoms with Crippen LogP contribution in [0, 0.1) is 5.92 Å². The molecule has 0 aromatic heterocycles. The highest BCUT2D eigenvalue weighted by atomic mass is 32.2. The molecule has 1 N–H and O–H groups in total. The molecule has 0 spiro atoms. The molecule has 150 valence electrons. The van der Waals surface area contributed by atoms with Crippen molar-refractivity contribution in [1.29, 1.82) is 0 Å². The van der Waals surface area contributed by atoms with E-state index in [9.17, 15) is 13.2 Å². The minimum absolute atomic E-state index is 0.121. The van der Waals surface area contributed by atoms with Gasteiger partial charge >= 0.3 is 0 Å². The summed E-state index contributed by atoms with van der Waals surface area (Å²) in [5.74, 6) is -0.0109. The van der Waals surface area contributed by atoms with E-state index in [1.165, 1.54) is 8.61 Å². The van der Waals surface area contributed by atoms with E-state index in [4.69, 9.17) is 0 Å². The molecule has 0 aliphatic carbocycles. The number of carbonyl (C=O) groups is 1. The van der Waals surface area contributed by atoms with Crippen LogP contribution in [-0.2, 0) is 10.2 Å². The van der Waals surface area contributed by atoms with Crippen LogP contribution in [0.25, 0.3) is 11.1 Å². The minimum Gasteiger partial charge on any atom is -0.352 e. The summed E-state index contributed by atoms with van der Waals surface area (Å²) in [4.78, 5) is 12.5. The molecule has 6 nitrogen and oxygen atoms in total. The van der Waals surface area contributed by atoms with Gasteiger partial charge in [-0.1, -0.05) is 42.5 Å². The third-order valence-electron chi connectivity index (χ3n) is 5.07. The first-order chi connectivity index (χ1) is 13.4. The van der Waals surface area contributed by atoms with Crippen LogP contribution in [0.1, 0.15) is 23.2 Å². The van der Waals surface area contributed by atoms with Crippen LogP contribution < -0.4 is 5.32 Å². The van der Waals surface area contributed by atoms with Gasteiger partial charge in [0.1, 0.15) is 0 Å². The van der Waals surface area contributed by atoms with E-state index in [-0.39, 0.29) is 11.8 Å². The lowest BCUT2D eigenvalue weighted by atomic mass is 9.99. The summed E-state index contributed by atoms with van der Waals surface area (Å²) in [6.07, 6.45) is 1.71. The third-order valence-corrected chi connectivity index (χ3v) is 6.98. The molecule has 0 bridgehead atoms. The second-order valence-electron chi connectivity index (χ2n) is 7.31. The molecule has 7 heteroatoms. The van der Waals surface area contributed by atoms with Crippen molar-refractivity contribution in [3.05, 3.63) is 60.2 Å². The Bertz CT molecular complexity index is 896. The summed E-state index contributed by atoms with van der Waals surface area (Å²) in [5, 5.41) is 2.96. The molecule has 0 unspecified atom stereocenters. The Morgan fingerprint density at radius 2 is 1.71 bits per heavy atom. The van der Waals surface area contributed by atoms with E-state index in [0.717, 1.165) is 24.0 Å². The van der Waals surface area contributed by atoms with Crippen molar-refractivity contribution in [1.82, 2.24) is 13.9 Å². The smallest absolute Gasteiger partial charge is 0.281 e. The number of piperidine rings is 1. The number of rotatable bonds is 6. The largest absolute Gasteiger partial charge is 0.352 e. The first-order valence-corrected chi connectivity index (χ1v) is 10.9. The van der Waals surface area contributed by atoms with Gasteiger partial charge in [-0.05, 0) is 42.0 Å². The maximum atomic E-state index is 12.5. The van der Waals surface area contributed by atoms with Gasteiger partial charge in [0, 0.05) is 39.3 Å². The average molecular weight is 402 g/mol.